The van der Waals surface area contributed by atoms with Crippen LogP contribution in [0, 0.1) is 0 Å². The largest absolute Gasteiger partial charge is 0.361 e. The average molecular weight is 328 g/mol. The predicted molar refractivity (Wildman–Crippen MR) is 99.7 cm³/mol. The van der Waals surface area contributed by atoms with Crippen LogP contribution in [0.1, 0.15) is 44.1 Å². The molecule has 1 aromatic carbocycles. The number of hydrogen-bond acceptors (Lipinski definition) is 2. The SMILES string of the molecule is CCCCNC(=O)Nc1ccc2[nH]cc(C3CCN(C)CC3)c2c1. The molecule has 2 aromatic rings. The van der Waals surface area contributed by atoms with Gasteiger partial charge in [0.25, 0.3) is 0 Å². The standard InChI is InChI=1S/C19H28N4O/c1-3-4-9-20-19(24)22-15-5-6-18-16(12-15)17(13-21-18)14-7-10-23(2)11-8-14/h5-6,12-14,21H,3-4,7-11H2,1-2H3,(H2,20,22,24). The third-order valence-electron chi connectivity index (χ3n) is 4.95. The van der Waals surface area contributed by atoms with Gasteiger partial charge in [0.1, 0.15) is 0 Å². The van der Waals surface area contributed by atoms with E-state index in [1.165, 1.54) is 23.8 Å². The molecule has 1 aliphatic rings. The minimum atomic E-state index is -0.126. The van der Waals surface area contributed by atoms with Crippen LogP contribution in [0.5, 0.6) is 0 Å². The predicted octanol–water partition coefficient (Wildman–Crippen LogP) is 3.90. The molecule has 0 radical (unpaired) electrons. The van der Waals surface area contributed by atoms with Gasteiger partial charge >= 0.3 is 6.03 Å². The van der Waals surface area contributed by atoms with Gasteiger partial charge in [0.2, 0.25) is 0 Å². The lowest BCUT2D eigenvalue weighted by atomic mass is 9.89. The maximum Gasteiger partial charge on any atom is 0.319 e. The van der Waals surface area contributed by atoms with Gasteiger partial charge in [0.15, 0.2) is 0 Å². The number of likely N-dealkylation sites (tertiary alicyclic amines) is 1. The van der Waals surface area contributed by atoms with Crippen LogP contribution in [-0.4, -0.2) is 42.6 Å². The van der Waals surface area contributed by atoms with Gasteiger partial charge in [0.05, 0.1) is 0 Å². The molecule has 3 N–H and O–H groups in total. The zero-order valence-electron chi connectivity index (χ0n) is 14.7. The van der Waals surface area contributed by atoms with Crippen LogP contribution >= 0.6 is 0 Å². The highest BCUT2D eigenvalue weighted by atomic mass is 16.2. The van der Waals surface area contributed by atoms with E-state index in [2.05, 4.69) is 52.8 Å². The Balaban J connectivity index is 1.72. The molecule has 0 aliphatic carbocycles. The Morgan fingerprint density at radius 2 is 2.12 bits per heavy atom. The zero-order valence-corrected chi connectivity index (χ0v) is 14.7. The summed E-state index contributed by atoms with van der Waals surface area (Å²) in [7, 11) is 2.19. The maximum atomic E-state index is 11.9. The Morgan fingerprint density at radius 3 is 2.88 bits per heavy atom. The summed E-state index contributed by atoms with van der Waals surface area (Å²) in [6, 6.07) is 5.98. The van der Waals surface area contributed by atoms with Gasteiger partial charge in [-0.15, -0.1) is 0 Å². The Morgan fingerprint density at radius 1 is 1.33 bits per heavy atom. The molecule has 0 saturated carbocycles. The monoisotopic (exact) mass is 328 g/mol. The third-order valence-corrected chi connectivity index (χ3v) is 4.95. The van der Waals surface area contributed by atoms with Gasteiger partial charge in [-0.2, -0.15) is 0 Å². The Bertz CT molecular complexity index is 686. The molecule has 5 heteroatoms. The fourth-order valence-electron chi connectivity index (χ4n) is 3.43. The number of aromatic nitrogens is 1. The van der Waals surface area contributed by atoms with E-state index in [1.807, 2.05) is 6.07 Å². The molecule has 0 spiro atoms. The van der Waals surface area contributed by atoms with Crippen LogP contribution in [0.3, 0.4) is 0 Å². The zero-order chi connectivity index (χ0) is 16.9. The van der Waals surface area contributed by atoms with Crippen LogP contribution in [0.15, 0.2) is 24.4 Å². The summed E-state index contributed by atoms with van der Waals surface area (Å²) >= 11 is 0. The molecule has 1 saturated heterocycles. The van der Waals surface area contributed by atoms with Gasteiger partial charge in [-0.1, -0.05) is 13.3 Å². The fourth-order valence-corrected chi connectivity index (χ4v) is 3.43. The Labute approximate surface area is 143 Å². The summed E-state index contributed by atoms with van der Waals surface area (Å²) in [5.41, 5.74) is 3.37. The summed E-state index contributed by atoms with van der Waals surface area (Å²) < 4.78 is 0. The number of fused-ring (bicyclic) bond motifs is 1. The number of carbonyl (C=O) groups excluding carboxylic acids is 1. The molecular weight excluding hydrogens is 300 g/mol. The third kappa shape index (κ3) is 3.90. The second kappa shape index (κ2) is 7.71. The average Bonchev–Trinajstić information content (AvgIpc) is 2.99. The number of piperidine rings is 1. The number of urea groups is 1. The van der Waals surface area contributed by atoms with E-state index in [9.17, 15) is 4.79 Å². The van der Waals surface area contributed by atoms with E-state index in [0.717, 1.165) is 43.7 Å². The lowest BCUT2D eigenvalue weighted by molar-refractivity contribution is 0.252. The van der Waals surface area contributed by atoms with Gasteiger partial charge in [-0.3, -0.25) is 0 Å². The molecule has 0 bridgehead atoms. The van der Waals surface area contributed by atoms with Crippen molar-refractivity contribution in [3.8, 4) is 0 Å². The van der Waals surface area contributed by atoms with E-state index in [4.69, 9.17) is 0 Å². The number of hydrogen-bond donors (Lipinski definition) is 3. The first-order valence-corrected chi connectivity index (χ1v) is 9.02. The number of amides is 2. The molecule has 2 amide bonds. The van der Waals surface area contributed by atoms with Crippen LogP contribution in [0.25, 0.3) is 10.9 Å². The molecule has 1 fully saturated rings. The number of rotatable bonds is 5. The minimum Gasteiger partial charge on any atom is -0.361 e. The number of unbranched alkanes of at least 4 members (excludes halogenated alkanes) is 1. The maximum absolute atomic E-state index is 11.9. The van der Waals surface area contributed by atoms with Crippen LogP contribution in [0.4, 0.5) is 10.5 Å². The molecule has 0 unspecified atom stereocenters. The van der Waals surface area contributed by atoms with Crippen molar-refractivity contribution in [2.24, 2.45) is 0 Å². The quantitative estimate of drug-likeness (QED) is 0.729. The van der Waals surface area contributed by atoms with Crippen molar-refractivity contribution in [3.63, 3.8) is 0 Å². The smallest absolute Gasteiger partial charge is 0.319 e. The van der Waals surface area contributed by atoms with Crippen molar-refractivity contribution in [2.75, 3.05) is 32.0 Å². The summed E-state index contributed by atoms with van der Waals surface area (Å²) in [5.74, 6) is 0.601. The first-order valence-electron chi connectivity index (χ1n) is 9.02. The summed E-state index contributed by atoms with van der Waals surface area (Å²) in [4.78, 5) is 17.7. The van der Waals surface area contributed by atoms with E-state index in [1.54, 1.807) is 0 Å². The molecular formula is C19H28N4O. The number of H-pyrrole nitrogens is 1. The fraction of sp³-hybridized carbons (Fsp3) is 0.526. The molecule has 130 valence electrons. The number of nitrogens with zero attached hydrogens (tertiary/aromatic N) is 1. The van der Waals surface area contributed by atoms with Crippen LogP contribution in [-0.2, 0) is 0 Å². The van der Waals surface area contributed by atoms with Crippen molar-refractivity contribution in [1.29, 1.82) is 0 Å². The molecule has 3 rings (SSSR count). The van der Waals surface area contributed by atoms with E-state index < -0.39 is 0 Å². The van der Waals surface area contributed by atoms with Crippen molar-refractivity contribution < 1.29 is 4.79 Å². The summed E-state index contributed by atoms with van der Waals surface area (Å²) in [5, 5.41) is 7.07. The molecule has 1 aromatic heterocycles. The van der Waals surface area contributed by atoms with E-state index in [0.29, 0.717) is 5.92 Å². The number of anilines is 1. The van der Waals surface area contributed by atoms with Gasteiger partial charge in [-0.05, 0) is 69.1 Å². The first-order chi connectivity index (χ1) is 11.7. The number of benzene rings is 1. The Kier molecular flexibility index (Phi) is 5.41. The lowest BCUT2D eigenvalue weighted by Gasteiger charge is -2.28. The van der Waals surface area contributed by atoms with Gasteiger partial charge in [-0.25, -0.2) is 4.79 Å². The van der Waals surface area contributed by atoms with E-state index >= 15 is 0 Å². The van der Waals surface area contributed by atoms with Gasteiger partial charge < -0.3 is 20.5 Å². The van der Waals surface area contributed by atoms with Crippen molar-refractivity contribution in [1.82, 2.24) is 15.2 Å². The minimum absolute atomic E-state index is 0.126. The topological polar surface area (TPSA) is 60.2 Å². The second-order valence-electron chi connectivity index (χ2n) is 6.82. The van der Waals surface area contributed by atoms with Crippen LogP contribution in [0.2, 0.25) is 0 Å². The van der Waals surface area contributed by atoms with E-state index in [-0.39, 0.29) is 6.03 Å². The van der Waals surface area contributed by atoms with Crippen molar-refractivity contribution >= 4 is 22.6 Å². The highest BCUT2D eigenvalue weighted by Gasteiger charge is 2.21. The highest BCUT2D eigenvalue weighted by Crippen LogP contribution is 2.33. The number of carbonyl (C=O) groups is 1. The normalized spacial score (nSPS) is 16.4. The van der Waals surface area contributed by atoms with Gasteiger partial charge in [0, 0.05) is 29.3 Å². The number of nitrogens with one attached hydrogen (secondary N) is 3. The first kappa shape index (κ1) is 16.8. The summed E-state index contributed by atoms with van der Waals surface area (Å²) in [6.07, 6.45) is 6.61. The molecule has 0 atom stereocenters. The van der Waals surface area contributed by atoms with Crippen molar-refractivity contribution in [3.05, 3.63) is 30.0 Å². The second-order valence-corrected chi connectivity index (χ2v) is 6.82. The van der Waals surface area contributed by atoms with Crippen LogP contribution < -0.4 is 10.6 Å². The number of aromatic amines is 1. The van der Waals surface area contributed by atoms with Crippen molar-refractivity contribution in [2.45, 2.75) is 38.5 Å². The molecule has 5 nitrogen and oxygen atoms in total. The molecule has 1 aliphatic heterocycles. The Hall–Kier alpha value is -2.01. The molecule has 2 heterocycles. The molecule has 24 heavy (non-hydrogen) atoms. The highest BCUT2D eigenvalue weighted by molar-refractivity contribution is 5.94. The summed E-state index contributed by atoms with van der Waals surface area (Å²) in [6.45, 7) is 5.13. The lowest BCUT2D eigenvalue weighted by Crippen LogP contribution is -2.29.